The molecule has 0 saturated heterocycles. The van der Waals surface area contributed by atoms with E-state index in [0.29, 0.717) is 0 Å². The summed E-state index contributed by atoms with van der Waals surface area (Å²) in [5.74, 6) is 0.199. The maximum Gasteiger partial charge on any atom is 0.214 e. The normalized spacial score (nSPS) is 10.9. The molecule has 2 aromatic rings. The Labute approximate surface area is 96.0 Å². The van der Waals surface area contributed by atoms with Crippen LogP contribution in [-0.4, -0.2) is 10.1 Å². The van der Waals surface area contributed by atoms with Crippen molar-refractivity contribution in [3.8, 4) is 5.88 Å². The molecule has 1 heterocycles. The van der Waals surface area contributed by atoms with Crippen LogP contribution in [0.2, 0.25) is 0 Å². The zero-order chi connectivity index (χ0) is 11.5. The van der Waals surface area contributed by atoms with Gasteiger partial charge in [-0.05, 0) is 31.4 Å². The van der Waals surface area contributed by atoms with Crippen LogP contribution in [0, 0.1) is 6.92 Å². The second-order valence-corrected chi connectivity index (χ2v) is 4.16. The summed E-state index contributed by atoms with van der Waals surface area (Å²) in [6.45, 7) is 4.22. The lowest BCUT2D eigenvalue weighted by molar-refractivity contribution is 0.446. The van der Waals surface area contributed by atoms with Gasteiger partial charge < -0.3 is 5.11 Å². The molecular formula is C14H17NO. The molecule has 2 heteroatoms. The number of hydrogen-bond acceptors (Lipinski definition) is 2. The summed E-state index contributed by atoms with van der Waals surface area (Å²) < 4.78 is 0. The molecule has 1 N–H and O–H groups in total. The molecule has 1 aromatic heterocycles. The van der Waals surface area contributed by atoms with Crippen molar-refractivity contribution in [3.05, 3.63) is 35.4 Å². The maximum absolute atomic E-state index is 9.90. The zero-order valence-electron chi connectivity index (χ0n) is 9.83. The smallest absolute Gasteiger partial charge is 0.214 e. The summed E-state index contributed by atoms with van der Waals surface area (Å²) >= 11 is 0. The van der Waals surface area contributed by atoms with Crippen molar-refractivity contribution in [3.63, 3.8) is 0 Å². The largest absolute Gasteiger partial charge is 0.493 e. The minimum Gasteiger partial charge on any atom is -0.493 e. The number of aryl methyl sites for hydroxylation is 1. The van der Waals surface area contributed by atoms with Gasteiger partial charge in [0.05, 0.1) is 5.52 Å². The van der Waals surface area contributed by atoms with E-state index in [9.17, 15) is 5.11 Å². The van der Waals surface area contributed by atoms with Gasteiger partial charge in [-0.3, -0.25) is 0 Å². The second kappa shape index (κ2) is 4.52. The Morgan fingerprint density at radius 1 is 1.25 bits per heavy atom. The molecule has 0 aliphatic heterocycles. The van der Waals surface area contributed by atoms with Gasteiger partial charge in [0.15, 0.2) is 0 Å². The average Bonchev–Trinajstić information content (AvgIpc) is 2.29. The lowest BCUT2D eigenvalue weighted by atomic mass is 10.0. The molecule has 16 heavy (non-hydrogen) atoms. The van der Waals surface area contributed by atoms with Gasteiger partial charge in [-0.25, -0.2) is 4.98 Å². The van der Waals surface area contributed by atoms with Gasteiger partial charge in [-0.2, -0.15) is 0 Å². The van der Waals surface area contributed by atoms with Crippen LogP contribution in [0.4, 0.5) is 0 Å². The van der Waals surface area contributed by atoms with E-state index in [1.165, 1.54) is 0 Å². The van der Waals surface area contributed by atoms with Gasteiger partial charge in [0, 0.05) is 10.9 Å². The van der Waals surface area contributed by atoms with E-state index in [4.69, 9.17) is 0 Å². The first-order valence-corrected chi connectivity index (χ1v) is 5.81. The van der Waals surface area contributed by atoms with Crippen molar-refractivity contribution >= 4 is 10.9 Å². The Kier molecular flexibility index (Phi) is 3.09. The minimum absolute atomic E-state index is 0.199. The van der Waals surface area contributed by atoms with Crippen LogP contribution >= 0.6 is 0 Å². The summed E-state index contributed by atoms with van der Waals surface area (Å²) in [6.07, 6.45) is 3.13. The molecule has 0 unspecified atom stereocenters. The van der Waals surface area contributed by atoms with Crippen LogP contribution in [0.15, 0.2) is 24.3 Å². The fourth-order valence-electron chi connectivity index (χ4n) is 2.05. The Morgan fingerprint density at radius 3 is 2.75 bits per heavy atom. The number of pyridine rings is 1. The van der Waals surface area contributed by atoms with Crippen LogP contribution in [0.25, 0.3) is 10.9 Å². The fraction of sp³-hybridized carbons (Fsp3) is 0.357. The van der Waals surface area contributed by atoms with Crippen molar-refractivity contribution in [1.29, 1.82) is 0 Å². The summed E-state index contributed by atoms with van der Waals surface area (Å²) in [5, 5.41) is 11.0. The molecule has 0 amide bonds. The summed E-state index contributed by atoms with van der Waals surface area (Å²) in [6, 6.07) is 7.95. The van der Waals surface area contributed by atoms with E-state index >= 15 is 0 Å². The van der Waals surface area contributed by atoms with Crippen molar-refractivity contribution in [2.45, 2.75) is 33.1 Å². The standard InChI is InChI=1S/C14H17NO/c1-3-4-7-12-10(2)11-8-5-6-9-13(11)15-14(12)16/h5-6,8-9H,3-4,7H2,1-2H3,(H,15,16). The third-order valence-electron chi connectivity index (χ3n) is 3.04. The number of aromatic nitrogens is 1. The summed E-state index contributed by atoms with van der Waals surface area (Å²) in [7, 11) is 0. The van der Waals surface area contributed by atoms with Gasteiger partial charge in [0.1, 0.15) is 0 Å². The summed E-state index contributed by atoms with van der Waals surface area (Å²) in [5.41, 5.74) is 3.04. The highest BCUT2D eigenvalue weighted by atomic mass is 16.3. The van der Waals surface area contributed by atoms with E-state index in [0.717, 1.165) is 41.3 Å². The monoisotopic (exact) mass is 215 g/mol. The van der Waals surface area contributed by atoms with Crippen LogP contribution in [-0.2, 0) is 6.42 Å². The Balaban J connectivity index is 2.56. The molecule has 0 fully saturated rings. The Morgan fingerprint density at radius 2 is 2.00 bits per heavy atom. The maximum atomic E-state index is 9.90. The molecule has 0 radical (unpaired) electrons. The third-order valence-corrected chi connectivity index (χ3v) is 3.04. The van der Waals surface area contributed by atoms with E-state index in [2.05, 4.69) is 24.9 Å². The number of fused-ring (bicyclic) bond motifs is 1. The SMILES string of the molecule is CCCCc1c(O)nc2ccccc2c1C. The van der Waals surface area contributed by atoms with Crippen LogP contribution in [0.5, 0.6) is 5.88 Å². The Hall–Kier alpha value is -1.57. The Bertz CT molecular complexity index is 505. The predicted octanol–water partition coefficient (Wildman–Crippen LogP) is 3.59. The molecule has 0 bridgehead atoms. The molecule has 0 aliphatic rings. The van der Waals surface area contributed by atoms with Crippen molar-refractivity contribution in [1.82, 2.24) is 4.98 Å². The quantitative estimate of drug-likeness (QED) is 0.848. The number of hydrogen-bond donors (Lipinski definition) is 1. The topological polar surface area (TPSA) is 33.1 Å². The van der Waals surface area contributed by atoms with Gasteiger partial charge in [0.25, 0.3) is 0 Å². The van der Waals surface area contributed by atoms with Crippen molar-refractivity contribution in [2.75, 3.05) is 0 Å². The van der Waals surface area contributed by atoms with Crippen LogP contribution in [0.3, 0.4) is 0 Å². The molecule has 0 aliphatic carbocycles. The number of nitrogens with zero attached hydrogens (tertiary/aromatic N) is 1. The van der Waals surface area contributed by atoms with Crippen molar-refractivity contribution in [2.24, 2.45) is 0 Å². The number of para-hydroxylation sites is 1. The second-order valence-electron chi connectivity index (χ2n) is 4.16. The van der Waals surface area contributed by atoms with E-state index in [1.807, 2.05) is 18.2 Å². The first-order valence-electron chi connectivity index (χ1n) is 5.81. The number of rotatable bonds is 3. The van der Waals surface area contributed by atoms with Crippen LogP contribution in [0.1, 0.15) is 30.9 Å². The highest BCUT2D eigenvalue weighted by Crippen LogP contribution is 2.27. The van der Waals surface area contributed by atoms with Gasteiger partial charge in [-0.1, -0.05) is 31.5 Å². The molecule has 0 spiro atoms. The lowest BCUT2D eigenvalue weighted by Gasteiger charge is -2.10. The number of benzene rings is 1. The first-order chi connectivity index (χ1) is 7.74. The fourth-order valence-corrected chi connectivity index (χ4v) is 2.05. The van der Waals surface area contributed by atoms with Gasteiger partial charge in [-0.15, -0.1) is 0 Å². The van der Waals surface area contributed by atoms with E-state index in [-0.39, 0.29) is 5.88 Å². The molecule has 2 nitrogen and oxygen atoms in total. The van der Waals surface area contributed by atoms with E-state index < -0.39 is 0 Å². The predicted molar refractivity (Wildman–Crippen MR) is 66.8 cm³/mol. The highest BCUT2D eigenvalue weighted by Gasteiger charge is 2.10. The average molecular weight is 215 g/mol. The molecule has 0 saturated carbocycles. The zero-order valence-corrected chi connectivity index (χ0v) is 9.83. The summed E-state index contributed by atoms with van der Waals surface area (Å²) in [4.78, 5) is 4.24. The number of unbranched alkanes of at least 4 members (excludes halogenated alkanes) is 1. The van der Waals surface area contributed by atoms with Crippen molar-refractivity contribution < 1.29 is 5.11 Å². The van der Waals surface area contributed by atoms with E-state index in [1.54, 1.807) is 0 Å². The minimum atomic E-state index is 0.199. The van der Waals surface area contributed by atoms with Gasteiger partial charge >= 0.3 is 0 Å². The van der Waals surface area contributed by atoms with Gasteiger partial charge in [0.2, 0.25) is 5.88 Å². The number of aromatic hydroxyl groups is 1. The molecule has 0 atom stereocenters. The highest BCUT2D eigenvalue weighted by molar-refractivity contribution is 5.83. The molecule has 1 aromatic carbocycles. The lowest BCUT2D eigenvalue weighted by Crippen LogP contribution is -1.95. The molecular weight excluding hydrogens is 198 g/mol. The molecule has 2 rings (SSSR count). The van der Waals surface area contributed by atoms with Crippen LogP contribution < -0.4 is 0 Å². The molecule has 84 valence electrons. The third kappa shape index (κ3) is 1.87. The first kappa shape index (κ1) is 10.9.